The molecular weight excluding hydrogens is 346 g/mol. The Morgan fingerprint density at radius 2 is 1.81 bits per heavy atom. The van der Waals surface area contributed by atoms with Crippen LogP contribution in [0.3, 0.4) is 0 Å². The van der Waals surface area contributed by atoms with Gasteiger partial charge in [-0.25, -0.2) is 14.3 Å². The number of rotatable bonds is 4. The van der Waals surface area contributed by atoms with Gasteiger partial charge in [0.1, 0.15) is 17.5 Å². The summed E-state index contributed by atoms with van der Waals surface area (Å²) >= 11 is 0. The predicted octanol–water partition coefficient (Wildman–Crippen LogP) is 1.97. The minimum Gasteiger partial charge on any atom is -0.497 e. The van der Waals surface area contributed by atoms with E-state index in [9.17, 15) is 9.59 Å². The Balaban J connectivity index is 1.66. The molecule has 134 valence electrons. The molecule has 0 aliphatic heterocycles. The number of hydrogen-bond donors (Lipinski definition) is 1. The van der Waals surface area contributed by atoms with Gasteiger partial charge in [-0.3, -0.25) is 15.0 Å². The topological polar surface area (TPSA) is 91.0 Å². The van der Waals surface area contributed by atoms with Gasteiger partial charge in [-0.05, 0) is 36.4 Å². The minimum absolute atomic E-state index is 0.302. The van der Waals surface area contributed by atoms with Crippen molar-refractivity contribution in [2.75, 3.05) is 12.5 Å². The number of hydrogen-bond acceptors (Lipinski definition) is 5. The maximum atomic E-state index is 12.7. The molecule has 4 aromatic rings. The standard InChI is InChI=1S/C19H15N5O3/c1-27-15-9-7-13(8-10-15)18(25)22-23-12-20-17-16(19(23)26)11-21-24(17)14-5-3-2-4-6-14/h2-12H,1H3,(H,22,25). The van der Waals surface area contributed by atoms with Gasteiger partial charge < -0.3 is 4.74 Å². The van der Waals surface area contributed by atoms with Gasteiger partial charge in [0, 0.05) is 5.56 Å². The van der Waals surface area contributed by atoms with Crippen molar-refractivity contribution < 1.29 is 9.53 Å². The first kappa shape index (κ1) is 16.5. The van der Waals surface area contributed by atoms with Crippen molar-refractivity contribution >= 4 is 16.9 Å². The summed E-state index contributed by atoms with van der Waals surface area (Å²) in [4.78, 5) is 29.3. The van der Waals surface area contributed by atoms with Crippen molar-refractivity contribution in [1.29, 1.82) is 0 Å². The van der Waals surface area contributed by atoms with Crippen molar-refractivity contribution in [2.45, 2.75) is 0 Å². The van der Waals surface area contributed by atoms with Crippen LogP contribution in [0.4, 0.5) is 0 Å². The number of carbonyl (C=O) groups is 1. The second-order valence-corrected chi connectivity index (χ2v) is 5.72. The molecule has 1 N–H and O–H groups in total. The zero-order valence-electron chi connectivity index (χ0n) is 14.4. The lowest BCUT2D eigenvalue weighted by molar-refractivity contribution is 0.101. The number of benzene rings is 2. The molecule has 8 nitrogen and oxygen atoms in total. The van der Waals surface area contributed by atoms with Gasteiger partial charge in [0.15, 0.2) is 5.65 Å². The highest BCUT2D eigenvalue weighted by Crippen LogP contribution is 2.13. The van der Waals surface area contributed by atoms with Crippen LogP contribution in [0.15, 0.2) is 71.9 Å². The summed E-state index contributed by atoms with van der Waals surface area (Å²) in [5, 5.41) is 4.54. The number of ether oxygens (including phenoxy) is 1. The average Bonchev–Trinajstić information content (AvgIpc) is 3.15. The van der Waals surface area contributed by atoms with Crippen LogP contribution >= 0.6 is 0 Å². The first-order chi connectivity index (χ1) is 13.2. The molecule has 0 unspecified atom stereocenters. The summed E-state index contributed by atoms with van der Waals surface area (Å²) in [6.45, 7) is 0. The van der Waals surface area contributed by atoms with Crippen LogP contribution < -0.4 is 15.7 Å². The molecule has 0 aliphatic rings. The first-order valence-corrected chi connectivity index (χ1v) is 8.13. The highest BCUT2D eigenvalue weighted by molar-refractivity contribution is 6.00. The molecule has 2 aromatic heterocycles. The van der Waals surface area contributed by atoms with Gasteiger partial charge in [0.05, 0.1) is 19.0 Å². The Kier molecular flexibility index (Phi) is 4.13. The molecule has 0 saturated carbocycles. The van der Waals surface area contributed by atoms with E-state index in [0.29, 0.717) is 22.3 Å². The Morgan fingerprint density at radius 1 is 1.07 bits per heavy atom. The number of para-hydroxylation sites is 1. The molecule has 0 atom stereocenters. The predicted molar refractivity (Wildman–Crippen MR) is 99.8 cm³/mol. The van der Waals surface area contributed by atoms with Crippen molar-refractivity contribution in [3.05, 3.63) is 83.0 Å². The highest BCUT2D eigenvalue weighted by atomic mass is 16.5. The quantitative estimate of drug-likeness (QED) is 0.600. The summed E-state index contributed by atoms with van der Waals surface area (Å²) < 4.78 is 7.69. The zero-order valence-corrected chi connectivity index (χ0v) is 14.4. The molecule has 0 spiro atoms. The second kappa shape index (κ2) is 6.75. The molecule has 0 bridgehead atoms. The summed E-state index contributed by atoms with van der Waals surface area (Å²) in [7, 11) is 1.55. The normalized spacial score (nSPS) is 10.7. The van der Waals surface area contributed by atoms with Gasteiger partial charge >= 0.3 is 0 Å². The van der Waals surface area contributed by atoms with Crippen molar-refractivity contribution in [2.24, 2.45) is 0 Å². The van der Waals surface area contributed by atoms with E-state index in [-0.39, 0.29) is 0 Å². The molecule has 0 radical (unpaired) electrons. The largest absolute Gasteiger partial charge is 0.497 e. The van der Waals surface area contributed by atoms with Crippen LogP contribution in [0.1, 0.15) is 10.4 Å². The third-order valence-electron chi connectivity index (χ3n) is 4.06. The lowest BCUT2D eigenvalue weighted by Gasteiger charge is -2.08. The Morgan fingerprint density at radius 3 is 2.52 bits per heavy atom. The van der Waals surface area contributed by atoms with Gasteiger partial charge in [-0.1, -0.05) is 18.2 Å². The molecule has 0 saturated heterocycles. The monoisotopic (exact) mass is 361 g/mol. The summed E-state index contributed by atoms with van der Waals surface area (Å²) in [6.07, 6.45) is 2.71. The Hall–Kier alpha value is -3.94. The molecule has 8 heteroatoms. The summed E-state index contributed by atoms with van der Waals surface area (Å²) in [6, 6.07) is 15.9. The maximum Gasteiger partial charge on any atom is 0.283 e. The Bertz CT molecular complexity index is 1160. The van der Waals surface area contributed by atoms with Crippen molar-refractivity contribution in [3.63, 3.8) is 0 Å². The van der Waals surface area contributed by atoms with E-state index in [1.165, 1.54) is 12.5 Å². The fourth-order valence-corrected chi connectivity index (χ4v) is 2.67. The number of amides is 1. The molecule has 2 heterocycles. The van der Waals surface area contributed by atoms with Crippen LogP contribution in [-0.4, -0.2) is 32.5 Å². The molecule has 0 fully saturated rings. The van der Waals surface area contributed by atoms with E-state index in [2.05, 4.69) is 15.5 Å². The number of carbonyl (C=O) groups excluding carboxylic acids is 1. The van der Waals surface area contributed by atoms with Gasteiger partial charge in [0.25, 0.3) is 11.5 Å². The smallest absolute Gasteiger partial charge is 0.283 e. The third kappa shape index (κ3) is 3.04. The van der Waals surface area contributed by atoms with E-state index in [1.807, 2.05) is 30.3 Å². The number of aromatic nitrogens is 4. The fraction of sp³-hybridized carbons (Fsp3) is 0.0526. The van der Waals surface area contributed by atoms with Gasteiger partial charge in [-0.15, -0.1) is 0 Å². The number of nitrogens with one attached hydrogen (secondary N) is 1. The van der Waals surface area contributed by atoms with Crippen LogP contribution in [-0.2, 0) is 0 Å². The average molecular weight is 361 g/mol. The Labute approximate surface area is 153 Å². The third-order valence-corrected chi connectivity index (χ3v) is 4.06. The lowest BCUT2D eigenvalue weighted by Crippen LogP contribution is -2.33. The molecule has 27 heavy (non-hydrogen) atoms. The van der Waals surface area contributed by atoms with E-state index < -0.39 is 11.5 Å². The summed E-state index contributed by atoms with van der Waals surface area (Å²) in [5.74, 6) is 0.205. The van der Waals surface area contributed by atoms with E-state index >= 15 is 0 Å². The molecule has 2 aromatic carbocycles. The number of methoxy groups -OCH3 is 1. The van der Waals surface area contributed by atoms with E-state index in [4.69, 9.17) is 4.74 Å². The minimum atomic E-state index is -0.434. The van der Waals surface area contributed by atoms with Crippen LogP contribution in [0.25, 0.3) is 16.7 Å². The van der Waals surface area contributed by atoms with Gasteiger partial charge in [0.2, 0.25) is 0 Å². The van der Waals surface area contributed by atoms with Crippen LogP contribution in [0.2, 0.25) is 0 Å². The molecule has 0 aliphatic carbocycles. The lowest BCUT2D eigenvalue weighted by atomic mass is 10.2. The first-order valence-electron chi connectivity index (χ1n) is 8.13. The molecular formula is C19H15N5O3. The molecule has 1 amide bonds. The SMILES string of the molecule is COc1ccc(C(=O)Nn2cnc3c(cnn3-c3ccccc3)c2=O)cc1. The van der Waals surface area contributed by atoms with E-state index in [0.717, 1.165) is 10.4 Å². The van der Waals surface area contributed by atoms with Crippen LogP contribution in [0.5, 0.6) is 5.75 Å². The zero-order chi connectivity index (χ0) is 18.8. The molecule has 4 rings (SSSR count). The van der Waals surface area contributed by atoms with Gasteiger partial charge in [-0.2, -0.15) is 5.10 Å². The second-order valence-electron chi connectivity index (χ2n) is 5.72. The van der Waals surface area contributed by atoms with E-state index in [1.54, 1.807) is 36.1 Å². The highest BCUT2D eigenvalue weighted by Gasteiger charge is 2.13. The van der Waals surface area contributed by atoms with Crippen molar-refractivity contribution in [3.8, 4) is 11.4 Å². The fourth-order valence-electron chi connectivity index (χ4n) is 2.67. The maximum absolute atomic E-state index is 12.7. The summed E-state index contributed by atoms with van der Waals surface area (Å²) in [5.41, 5.74) is 3.72. The number of nitrogens with zero attached hydrogens (tertiary/aromatic N) is 4. The van der Waals surface area contributed by atoms with Crippen LogP contribution in [0, 0.1) is 0 Å². The number of fused-ring (bicyclic) bond motifs is 1. The van der Waals surface area contributed by atoms with Crippen molar-refractivity contribution in [1.82, 2.24) is 19.4 Å².